The molecule has 166 valence electrons. The lowest BCUT2D eigenvalue weighted by atomic mass is 9.89. The van der Waals surface area contributed by atoms with Crippen LogP contribution >= 0.6 is 8.69 Å². The van der Waals surface area contributed by atoms with Crippen molar-refractivity contribution < 1.29 is 18.6 Å². The van der Waals surface area contributed by atoms with Gasteiger partial charge in [-0.2, -0.15) is 0 Å². The van der Waals surface area contributed by atoms with Crippen LogP contribution < -0.4 is 5.56 Å². The fraction of sp³-hybridized carbons (Fsp3) is 0.375. The normalized spacial score (nSPS) is 14.2. The van der Waals surface area contributed by atoms with Gasteiger partial charge in [-0.1, -0.05) is 26.3 Å². The Morgan fingerprint density at radius 3 is 2.75 bits per heavy atom. The molecule has 0 fully saturated rings. The van der Waals surface area contributed by atoms with E-state index >= 15 is 0 Å². The zero-order valence-electron chi connectivity index (χ0n) is 18.4. The summed E-state index contributed by atoms with van der Waals surface area (Å²) in [5, 5.41) is 1.05. The molecule has 0 N–H and O–H groups in total. The third-order valence-corrected chi connectivity index (χ3v) is 6.72. The summed E-state index contributed by atoms with van der Waals surface area (Å²) in [6.45, 7) is 6.33. The Morgan fingerprint density at radius 1 is 1.25 bits per heavy atom. The highest BCUT2D eigenvalue weighted by atomic mass is 31.1. The first-order valence-electron chi connectivity index (χ1n) is 10.7. The predicted octanol–water partition coefficient (Wildman–Crippen LogP) is 4.90. The number of aryl methyl sites for hydroxylation is 1. The van der Waals surface area contributed by atoms with E-state index in [1.807, 2.05) is 19.1 Å². The Bertz CT molecular complexity index is 1270. The highest BCUT2D eigenvalue weighted by Gasteiger charge is 2.34. The molecule has 3 heterocycles. The van der Waals surface area contributed by atoms with Gasteiger partial charge in [0, 0.05) is 10.9 Å². The number of nitrogens with zero attached hydrogens (tertiary/aromatic N) is 2. The van der Waals surface area contributed by atoms with Gasteiger partial charge in [-0.3, -0.25) is 14.1 Å². The van der Waals surface area contributed by atoms with Crippen molar-refractivity contribution in [1.29, 1.82) is 0 Å². The van der Waals surface area contributed by atoms with Crippen LogP contribution in [0.2, 0.25) is 0 Å². The number of carbonyl (C=O) groups is 1. The zero-order valence-corrected chi connectivity index (χ0v) is 19.3. The van der Waals surface area contributed by atoms with Crippen LogP contribution in [0.3, 0.4) is 0 Å². The van der Waals surface area contributed by atoms with E-state index in [9.17, 15) is 14.2 Å². The largest absolute Gasteiger partial charge is 0.463 e. The Hall–Kier alpha value is -2.89. The maximum atomic E-state index is 13.5. The van der Waals surface area contributed by atoms with Crippen LogP contribution in [0, 0.1) is 0 Å². The quantitative estimate of drug-likeness (QED) is 0.265. The zero-order chi connectivity index (χ0) is 22.9. The molecule has 1 aromatic carbocycles. The second-order valence-electron chi connectivity index (χ2n) is 8.24. The summed E-state index contributed by atoms with van der Waals surface area (Å²) in [5.41, 5.74) is 4.13. The number of hydrogen-bond acceptors (Lipinski definition) is 6. The first kappa shape index (κ1) is 22.3. The molecule has 3 aromatic rings. The van der Waals surface area contributed by atoms with Crippen molar-refractivity contribution in [2.75, 3.05) is 0 Å². The van der Waals surface area contributed by atoms with Gasteiger partial charge in [0.1, 0.15) is 12.2 Å². The predicted molar refractivity (Wildman–Crippen MR) is 122 cm³/mol. The molecule has 0 unspecified atom stereocenters. The van der Waals surface area contributed by atoms with Gasteiger partial charge in [0.25, 0.3) is 12.0 Å². The molecule has 32 heavy (non-hydrogen) atoms. The molecule has 0 radical (unpaired) electrons. The number of hydrogen-bond donors (Lipinski definition) is 0. The monoisotopic (exact) mass is 452 g/mol. The van der Waals surface area contributed by atoms with Crippen molar-refractivity contribution in [3.63, 3.8) is 0 Å². The number of aromatic nitrogens is 2. The number of fused-ring (bicyclic) bond motifs is 4. The Kier molecular flexibility index (Phi) is 6.22. The summed E-state index contributed by atoms with van der Waals surface area (Å²) in [6.07, 6.45) is 2.54. The van der Waals surface area contributed by atoms with Crippen LogP contribution in [0.15, 0.2) is 35.1 Å². The van der Waals surface area contributed by atoms with Gasteiger partial charge in [-0.05, 0) is 55.2 Å². The Morgan fingerprint density at radius 2 is 2.06 bits per heavy atom. The van der Waals surface area contributed by atoms with E-state index in [4.69, 9.17) is 14.2 Å². The van der Waals surface area contributed by atoms with Gasteiger partial charge in [0.2, 0.25) is 0 Å². The molecule has 4 rings (SSSR count). The lowest BCUT2D eigenvalue weighted by Crippen LogP contribution is -2.32. The van der Waals surface area contributed by atoms with E-state index in [0.29, 0.717) is 36.3 Å². The maximum absolute atomic E-state index is 13.5. The summed E-state index contributed by atoms with van der Waals surface area (Å²) in [5.74, 6) is 0. The average Bonchev–Trinajstić information content (AvgIpc) is 3.15. The molecule has 1 atom stereocenters. The minimum Gasteiger partial charge on any atom is -0.463 e. The van der Waals surface area contributed by atoms with E-state index in [1.165, 1.54) is 5.56 Å². The van der Waals surface area contributed by atoms with Crippen LogP contribution in [0.25, 0.3) is 22.3 Å². The van der Waals surface area contributed by atoms with E-state index < -0.39 is 14.3 Å². The molecule has 0 amide bonds. The highest BCUT2D eigenvalue weighted by Crippen LogP contribution is 2.39. The van der Waals surface area contributed by atoms with Crippen molar-refractivity contribution in [2.45, 2.75) is 58.8 Å². The second kappa shape index (κ2) is 8.93. The molecule has 0 spiro atoms. The maximum Gasteiger partial charge on any atom is 0.328 e. The third-order valence-electron chi connectivity index (χ3n) is 6.25. The molecule has 0 bridgehead atoms. The standard InChI is InChI=1S/C24H25N2O5P/c1-4-6-15-7-8-20-16(9-15)10-17-12-26-21(22(17)25-20)11-19(24(3,5-2)31-32-29)18(23(26)28)13-30-14-27/h7-11,14H,4-6,12-13H2,1-3H3/t24-/m0/s1. The summed E-state index contributed by atoms with van der Waals surface area (Å²) < 4.78 is 23.4. The minimum atomic E-state index is -0.992. The molecule has 0 aliphatic carbocycles. The first-order valence-corrected chi connectivity index (χ1v) is 11.4. The van der Waals surface area contributed by atoms with Crippen LogP contribution in [-0.4, -0.2) is 16.0 Å². The Balaban J connectivity index is 1.92. The minimum absolute atomic E-state index is 0.182. The fourth-order valence-corrected chi connectivity index (χ4v) is 4.78. The van der Waals surface area contributed by atoms with Crippen LogP contribution in [0.5, 0.6) is 0 Å². The van der Waals surface area contributed by atoms with E-state index in [0.717, 1.165) is 35.0 Å². The topological polar surface area (TPSA) is 87.5 Å². The van der Waals surface area contributed by atoms with Gasteiger partial charge in [0.15, 0.2) is 0 Å². The number of carbonyl (C=O) groups excluding carboxylic acids is 1. The lowest BCUT2D eigenvalue weighted by Gasteiger charge is -2.28. The van der Waals surface area contributed by atoms with Crippen LogP contribution in [-0.2, 0) is 43.8 Å². The molecule has 1 aliphatic heterocycles. The second-order valence-corrected chi connectivity index (χ2v) is 8.58. The van der Waals surface area contributed by atoms with E-state index in [1.54, 1.807) is 11.5 Å². The number of rotatable bonds is 9. The molecule has 0 saturated heterocycles. The van der Waals surface area contributed by atoms with E-state index in [-0.39, 0.29) is 12.2 Å². The summed E-state index contributed by atoms with van der Waals surface area (Å²) in [6, 6.07) is 10.2. The molecular weight excluding hydrogens is 427 g/mol. The highest BCUT2D eigenvalue weighted by molar-refractivity contribution is 7.17. The summed E-state index contributed by atoms with van der Waals surface area (Å²) in [4.78, 5) is 29.2. The van der Waals surface area contributed by atoms with Crippen LogP contribution in [0.4, 0.5) is 0 Å². The van der Waals surface area contributed by atoms with Crippen molar-refractivity contribution in [2.24, 2.45) is 0 Å². The molecule has 8 heteroatoms. The molecule has 2 aromatic heterocycles. The SMILES string of the molecule is CCCc1ccc2nc3c(cc2c1)Cn1c-3cc([C@](C)(CC)OP=O)c(COC=O)c1=O. The first-order chi connectivity index (χ1) is 15.5. The van der Waals surface area contributed by atoms with Gasteiger partial charge >= 0.3 is 8.69 Å². The smallest absolute Gasteiger partial charge is 0.328 e. The average molecular weight is 452 g/mol. The number of benzene rings is 1. The van der Waals surface area contributed by atoms with E-state index in [2.05, 4.69) is 25.1 Å². The number of ether oxygens (including phenoxy) is 1. The summed E-state index contributed by atoms with van der Waals surface area (Å²) in [7, 11) is -0.491. The number of pyridine rings is 2. The van der Waals surface area contributed by atoms with Gasteiger partial charge in [-0.25, -0.2) is 9.55 Å². The molecule has 7 nitrogen and oxygen atoms in total. The molecule has 0 saturated carbocycles. The molecular formula is C24H25N2O5P. The summed E-state index contributed by atoms with van der Waals surface area (Å²) >= 11 is 0. The van der Waals surface area contributed by atoms with Gasteiger partial charge < -0.3 is 9.30 Å². The van der Waals surface area contributed by atoms with Crippen LogP contribution in [0.1, 0.15) is 55.9 Å². The molecule has 1 aliphatic rings. The van der Waals surface area contributed by atoms with Crippen molar-refractivity contribution >= 4 is 26.1 Å². The third kappa shape index (κ3) is 3.76. The Labute approximate surface area is 187 Å². The van der Waals surface area contributed by atoms with Crippen molar-refractivity contribution in [3.05, 3.63) is 62.9 Å². The fourth-order valence-electron chi connectivity index (χ4n) is 4.38. The van der Waals surface area contributed by atoms with Gasteiger partial charge in [-0.15, -0.1) is 0 Å². The lowest BCUT2D eigenvalue weighted by molar-refractivity contribution is -0.129. The van der Waals surface area contributed by atoms with Crippen molar-refractivity contribution in [3.8, 4) is 11.4 Å². The van der Waals surface area contributed by atoms with Crippen molar-refractivity contribution in [1.82, 2.24) is 9.55 Å². The van der Waals surface area contributed by atoms with Gasteiger partial charge in [0.05, 0.1) is 29.0 Å².